The van der Waals surface area contributed by atoms with Crippen LogP contribution in [0, 0.1) is 0 Å². The Morgan fingerprint density at radius 3 is 0.436 bits per heavy atom. The summed E-state index contributed by atoms with van der Waals surface area (Å²) in [5.41, 5.74) is 0. The van der Waals surface area contributed by atoms with Gasteiger partial charge in [0.2, 0.25) is 0 Å². The summed E-state index contributed by atoms with van der Waals surface area (Å²) in [6, 6.07) is 0. The molecular weight excluding hydrogens is 677 g/mol. The maximum atomic E-state index is 10.4. The molecule has 324 valence electrons. The summed E-state index contributed by atoms with van der Waals surface area (Å²) in [6.07, 6.45) is 68.5. The van der Waals surface area contributed by atoms with Crippen LogP contribution >= 0.6 is 0 Å². The van der Waals surface area contributed by atoms with E-state index in [0.717, 1.165) is 25.7 Å². The van der Waals surface area contributed by atoms with Crippen LogP contribution < -0.4 is 0 Å². The maximum Gasteiger partial charge on any atom is 0.327 e. The highest BCUT2D eigenvalue weighted by molar-refractivity contribution is 5.79. The first-order valence-electron chi connectivity index (χ1n) is 24.9. The van der Waals surface area contributed by atoms with Crippen molar-refractivity contribution in [1.29, 1.82) is 0 Å². The van der Waals surface area contributed by atoms with Gasteiger partial charge in [-0.15, -0.1) is 0 Å². The van der Waals surface area contributed by atoms with Gasteiger partial charge in [0.1, 0.15) is 0 Å². The van der Waals surface area contributed by atoms with Crippen molar-refractivity contribution < 1.29 is 19.8 Å². The maximum absolute atomic E-state index is 10.4. The Morgan fingerprint density at radius 2 is 0.327 bits per heavy atom. The van der Waals surface area contributed by atoms with E-state index >= 15 is 0 Å². The fourth-order valence-electron chi connectivity index (χ4n) is 8.14. The van der Waals surface area contributed by atoms with Crippen molar-refractivity contribution >= 4 is 11.9 Å². The molecule has 0 atom stereocenters. The second-order valence-corrected chi connectivity index (χ2v) is 17.3. The van der Waals surface area contributed by atoms with E-state index in [1.165, 1.54) is 275 Å². The average molecular weight is 773 g/mol. The van der Waals surface area contributed by atoms with Crippen LogP contribution in [0.4, 0.5) is 0 Å². The molecule has 0 aromatic heterocycles. The molecule has 0 saturated carbocycles. The van der Waals surface area contributed by atoms with Crippen LogP contribution in [0.1, 0.15) is 289 Å². The van der Waals surface area contributed by atoms with Crippen molar-refractivity contribution in [2.24, 2.45) is 0 Å². The Hall–Kier alpha value is -1.58. The predicted molar refractivity (Wildman–Crippen MR) is 241 cm³/mol. The number of aliphatic carboxylic acids is 2. The minimum Gasteiger partial charge on any atom is -0.478 e. The zero-order chi connectivity index (χ0) is 39.8. The van der Waals surface area contributed by atoms with Crippen LogP contribution in [0.5, 0.6) is 0 Å². The summed E-state index contributed by atoms with van der Waals surface area (Å²) in [6.45, 7) is 0. The lowest BCUT2D eigenvalue weighted by molar-refractivity contribution is -0.132. The number of allylic oxidation sites excluding steroid dienone is 2. The molecule has 0 bridgehead atoms. The molecule has 0 aliphatic carbocycles. The van der Waals surface area contributed by atoms with Crippen molar-refractivity contribution in [2.45, 2.75) is 289 Å². The lowest BCUT2D eigenvalue weighted by Crippen LogP contribution is -1.86. The number of unbranched alkanes of at least 4 members (excludes halogenated alkanes) is 44. The molecule has 0 fully saturated rings. The topological polar surface area (TPSA) is 74.6 Å². The third-order valence-electron chi connectivity index (χ3n) is 11.8. The van der Waals surface area contributed by atoms with Gasteiger partial charge in [-0.05, 0) is 25.7 Å². The number of hydrogen-bond donors (Lipinski definition) is 2. The molecule has 0 heterocycles. The number of rotatable bonds is 48. The van der Waals surface area contributed by atoms with E-state index in [2.05, 4.69) is 0 Å². The summed E-state index contributed by atoms with van der Waals surface area (Å²) in [4.78, 5) is 20.8. The molecule has 0 spiro atoms. The Bertz CT molecular complexity index is 752. The lowest BCUT2D eigenvalue weighted by atomic mass is 10.0. The van der Waals surface area contributed by atoms with Crippen molar-refractivity contribution in [3.05, 3.63) is 24.3 Å². The summed E-state index contributed by atoms with van der Waals surface area (Å²) in [5, 5.41) is 17.2. The summed E-state index contributed by atoms with van der Waals surface area (Å²) in [5.74, 6) is -1.66. The van der Waals surface area contributed by atoms with Crippen LogP contribution in [-0.4, -0.2) is 22.2 Å². The van der Waals surface area contributed by atoms with Gasteiger partial charge in [-0.3, -0.25) is 0 Å². The third-order valence-corrected chi connectivity index (χ3v) is 11.8. The largest absolute Gasteiger partial charge is 0.478 e. The van der Waals surface area contributed by atoms with Gasteiger partial charge in [0.15, 0.2) is 0 Å². The van der Waals surface area contributed by atoms with E-state index < -0.39 is 11.9 Å². The normalized spacial score (nSPS) is 11.8. The number of carboxylic acids is 2. The number of carboxylic acid groups (broad SMARTS) is 2. The van der Waals surface area contributed by atoms with Crippen LogP contribution in [0.25, 0.3) is 0 Å². The fourth-order valence-corrected chi connectivity index (χ4v) is 8.14. The van der Waals surface area contributed by atoms with Crippen LogP contribution in [0.3, 0.4) is 0 Å². The SMILES string of the molecule is O=C(O)C=CCCCCCCCCCCCCCCCCCCCCCCCCCCCCCCCCCCCCCCCCCCCCCC=CC(=O)O. The van der Waals surface area contributed by atoms with Gasteiger partial charge >= 0.3 is 11.9 Å². The first kappa shape index (κ1) is 53.4. The molecule has 2 N–H and O–H groups in total. The van der Waals surface area contributed by atoms with Gasteiger partial charge in [0.25, 0.3) is 0 Å². The van der Waals surface area contributed by atoms with E-state index in [0.29, 0.717) is 0 Å². The molecule has 55 heavy (non-hydrogen) atoms. The molecule has 0 saturated heterocycles. The second-order valence-electron chi connectivity index (χ2n) is 17.3. The van der Waals surface area contributed by atoms with Gasteiger partial charge in [0, 0.05) is 12.2 Å². The van der Waals surface area contributed by atoms with Gasteiger partial charge in [-0.2, -0.15) is 0 Å². The first-order chi connectivity index (χ1) is 27.1. The molecule has 0 rings (SSSR count). The Morgan fingerprint density at radius 1 is 0.218 bits per heavy atom. The van der Waals surface area contributed by atoms with Crippen LogP contribution in [0.15, 0.2) is 24.3 Å². The van der Waals surface area contributed by atoms with Crippen molar-refractivity contribution in [2.75, 3.05) is 0 Å². The Balaban J connectivity index is 3.08. The van der Waals surface area contributed by atoms with Gasteiger partial charge in [-0.1, -0.05) is 275 Å². The molecule has 0 aliphatic rings. The standard InChI is InChI=1S/C51H96O4/c52-50(53)48-46-44-42-40-38-36-34-32-30-28-26-24-22-20-18-16-14-12-10-8-6-4-2-1-3-5-7-9-11-13-15-17-19-21-23-25-27-29-31-33-35-37-39-41-43-45-47-49-51(54)55/h46-49H,1-45H2,(H,52,53)(H,54,55). The fraction of sp³-hybridized carbons (Fsp3) is 0.882. The summed E-state index contributed by atoms with van der Waals surface area (Å²) in [7, 11) is 0. The molecule has 0 unspecified atom stereocenters. The first-order valence-corrected chi connectivity index (χ1v) is 24.9. The summed E-state index contributed by atoms with van der Waals surface area (Å²) < 4.78 is 0. The Kier molecular flexibility index (Phi) is 47.2. The predicted octanol–water partition coefficient (Wildman–Crippen LogP) is 17.8. The van der Waals surface area contributed by atoms with E-state index in [1.807, 2.05) is 0 Å². The highest BCUT2D eigenvalue weighted by Crippen LogP contribution is 2.18. The zero-order valence-corrected chi connectivity index (χ0v) is 36.8. The van der Waals surface area contributed by atoms with Crippen molar-refractivity contribution in [3.63, 3.8) is 0 Å². The van der Waals surface area contributed by atoms with Crippen LogP contribution in [0.2, 0.25) is 0 Å². The van der Waals surface area contributed by atoms with Gasteiger partial charge in [0.05, 0.1) is 0 Å². The van der Waals surface area contributed by atoms with E-state index in [4.69, 9.17) is 10.2 Å². The van der Waals surface area contributed by atoms with Crippen molar-refractivity contribution in [3.8, 4) is 0 Å². The van der Waals surface area contributed by atoms with E-state index in [-0.39, 0.29) is 0 Å². The molecule has 0 aromatic rings. The smallest absolute Gasteiger partial charge is 0.327 e. The molecule has 0 radical (unpaired) electrons. The molecule has 0 amide bonds. The molecule has 4 heteroatoms. The highest BCUT2D eigenvalue weighted by Gasteiger charge is 1.99. The van der Waals surface area contributed by atoms with Crippen molar-refractivity contribution in [1.82, 2.24) is 0 Å². The van der Waals surface area contributed by atoms with Gasteiger partial charge in [-0.25, -0.2) is 9.59 Å². The molecule has 4 nitrogen and oxygen atoms in total. The van der Waals surface area contributed by atoms with Crippen LogP contribution in [-0.2, 0) is 9.59 Å². The Labute approximate surface area is 344 Å². The quantitative estimate of drug-likeness (QED) is 0.0477. The molecule has 0 aromatic carbocycles. The van der Waals surface area contributed by atoms with E-state index in [1.54, 1.807) is 12.2 Å². The van der Waals surface area contributed by atoms with Gasteiger partial charge < -0.3 is 10.2 Å². The third kappa shape index (κ3) is 52.4. The molecular formula is C51H96O4. The minimum absolute atomic E-state index is 0.830. The second kappa shape index (κ2) is 48.6. The lowest BCUT2D eigenvalue weighted by Gasteiger charge is -2.05. The molecule has 0 aliphatic heterocycles. The minimum atomic E-state index is -0.830. The number of carbonyl (C=O) groups is 2. The van der Waals surface area contributed by atoms with E-state index in [9.17, 15) is 9.59 Å². The summed E-state index contributed by atoms with van der Waals surface area (Å²) >= 11 is 0. The zero-order valence-electron chi connectivity index (χ0n) is 36.8. The average Bonchev–Trinajstić information content (AvgIpc) is 3.17. The number of hydrogen-bond acceptors (Lipinski definition) is 2. The highest BCUT2D eigenvalue weighted by atomic mass is 16.4. The monoisotopic (exact) mass is 773 g/mol.